The second kappa shape index (κ2) is 14.3. The van der Waals surface area contributed by atoms with Crippen molar-refractivity contribution in [1.29, 1.82) is 0 Å². The van der Waals surface area contributed by atoms with Gasteiger partial charge in [0.2, 0.25) is 0 Å². The van der Waals surface area contributed by atoms with E-state index in [9.17, 15) is 30.4 Å². The topological polar surface area (TPSA) is 230 Å². The summed E-state index contributed by atoms with van der Waals surface area (Å²) in [6.45, 7) is 6.23. The van der Waals surface area contributed by atoms with Crippen LogP contribution in [0.2, 0.25) is 0 Å². The minimum absolute atomic E-state index is 0.0251. The van der Waals surface area contributed by atoms with Crippen molar-refractivity contribution in [2.45, 2.75) is 56.8 Å². The lowest BCUT2D eigenvalue weighted by Gasteiger charge is -2.58. The van der Waals surface area contributed by atoms with E-state index in [1.165, 1.54) is 18.3 Å². The molecule has 17 heteroatoms. The van der Waals surface area contributed by atoms with Crippen LogP contribution >= 0.6 is 15.9 Å². The number of aliphatic hydroxyl groups is 3. The quantitative estimate of drug-likeness (QED) is 0.190. The molecule has 50 heavy (non-hydrogen) atoms. The van der Waals surface area contributed by atoms with Gasteiger partial charge >= 0.3 is 11.6 Å². The van der Waals surface area contributed by atoms with Gasteiger partial charge in [0.1, 0.15) is 5.82 Å². The fourth-order valence-electron chi connectivity index (χ4n) is 7.73. The zero-order valence-electron chi connectivity index (χ0n) is 27.5. The molecule has 0 unspecified atom stereocenters. The van der Waals surface area contributed by atoms with Crippen LogP contribution in [0.15, 0.2) is 59.5 Å². The number of nitrogens with zero attached hydrogens (tertiary/aromatic N) is 7. The Labute approximate surface area is 297 Å². The number of aromatic nitrogens is 3. The average molecular weight is 757 g/mol. The first-order valence-electron chi connectivity index (χ1n) is 16.6. The van der Waals surface area contributed by atoms with Crippen molar-refractivity contribution in [3.8, 4) is 0 Å². The van der Waals surface area contributed by atoms with Gasteiger partial charge in [-0.15, -0.1) is 0 Å². The Morgan fingerprint density at radius 3 is 1.40 bits per heavy atom. The number of aliphatic hydroxyl groups excluding tert-OH is 3. The van der Waals surface area contributed by atoms with Gasteiger partial charge in [-0.2, -0.15) is 0 Å². The Bertz CT molecular complexity index is 1630. The van der Waals surface area contributed by atoms with Gasteiger partial charge in [0.25, 0.3) is 0 Å². The van der Waals surface area contributed by atoms with E-state index in [4.69, 9.17) is 10.8 Å². The fraction of sp³-hybridized carbons (Fsp3) is 0.545. The highest BCUT2D eigenvalue weighted by atomic mass is 79.9. The number of rotatable bonds is 4. The number of nitrogens with two attached hydrogens (primary N) is 1. The van der Waals surface area contributed by atoms with Gasteiger partial charge in [0.05, 0.1) is 40.4 Å². The summed E-state index contributed by atoms with van der Waals surface area (Å²) in [5.41, 5.74) is 8.84. The maximum absolute atomic E-state index is 10.5. The number of nitro groups is 2. The molecule has 3 aromatic heterocycles. The van der Waals surface area contributed by atoms with Gasteiger partial charge in [-0.25, -0.2) is 4.98 Å². The van der Waals surface area contributed by atoms with Crippen molar-refractivity contribution in [1.82, 2.24) is 20.3 Å². The summed E-state index contributed by atoms with van der Waals surface area (Å²) in [7, 11) is 0. The standard InChI is InChI=1S/C11H13N3O3.C11H15N3O.C6H11NO.C5H3BrN2O2/c15-9-3-11(4-9)6-13(7-11)8-1-2-10(12-5-8)14(16)17;12-10-2-1-8(5-13-10)14-6-11(7-14)3-9(15)4-11;8-5-1-6(2-5)3-7-4-6;6-4-1-2-5(7-3-4)8(9)10/h1-2,5,9,15H,3-4,6-7H2;1-2,5,9,15H,3-4,6-7H2,(H2,12,13);5,7-8H,1-4H2;1-3H. The molecular weight excluding hydrogens is 714 g/mol. The Morgan fingerprint density at radius 2 is 1.10 bits per heavy atom. The van der Waals surface area contributed by atoms with E-state index in [0.29, 0.717) is 22.1 Å². The van der Waals surface area contributed by atoms with E-state index < -0.39 is 9.85 Å². The largest absolute Gasteiger partial charge is 0.393 e. The van der Waals surface area contributed by atoms with Crippen LogP contribution in [-0.4, -0.2) is 97.7 Å². The predicted octanol–water partition coefficient (Wildman–Crippen LogP) is 3.06. The van der Waals surface area contributed by atoms with E-state index in [0.717, 1.165) is 93.6 Å². The number of nitrogens with one attached hydrogen (secondary N) is 1. The minimum atomic E-state index is -0.535. The van der Waals surface area contributed by atoms with Gasteiger partial charge in [-0.05, 0) is 98.5 Å². The van der Waals surface area contributed by atoms with Crippen LogP contribution in [0, 0.1) is 36.5 Å². The van der Waals surface area contributed by atoms with Gasteiger partial charge in [0.15, 0.2) is 12.4 Å². The number of halogens is 1. The van der Waals surface area contributed by atoms with Crippen molar-refractivity contribution >= 4 is 44.8 Å². The smallest absolute Gasteiger partial charge is 0.363 e. The Hall–Kier alpha value is -4.03. The molecule has 6 heterocycles. The first-order valence-corrected chi connectivity index (χ1v) is 17.4. The summed E-state index contributed by atoms with van der Waals surface area (Å²) in [6, 6.07) is 9.90. The Morgan fingerprint density at radius 1 is 0.680 bits per heavy atom. The second-order valence-electron chi connectivity index (χ2n) is 14.7. The van der Waals surface area contributed by atoms with Crippen LogP contribution in [0.4, 0.5) is 28.8 Å². The SMILES string of the molecule is Nc1ccc(N2CC3(CC(O)C3)C2)cn1.O=[N+]([O-])c1ccc(Br)cn1.O=[N+]([O-])c1ccc(N2CC3(CC(O)C3)C2)cn1.OC1CC2(CNC2)C1. The van der Waals surface area contributed by atoms with Gasteiger partial charge in [0, 0.05) is 67.6 Å². The van der Waals surface area contributed by atoms with Crippen LogP contribution in [-0.2, 0) is 0 Å². The van der Waals surface area contributed by atoms with Crippen molar-refractivity contribution in [3.05, 3.63) is 79.7 Å². The third-order valence-electron chi connectivity index (χ3n) is 10.4. The second-order valence-corrected chi connectivity index (χ2v) is 15.6. The molecule has 6 aliphatic rings. The maximum Gasteiger partial charge on any atom is 0.363 e. The number of nitrogen functional groups attached to an aromatic ring is 1. The van der Waals surface area contributed by atoms with E-state index in [1.807, 2.05) is 18.3 Å². The van der Waals surface area contributed by atoms with Crippen LogP contribution in [0.3, 0.4) is 0 Å². The van der Waals surface area contributed by atoms with Gasteiger partial charge in [-0.1, -0.05) is 0 Å². The lowest BCUT2D eigenvalue weighted by Crippen LogP contribution is -2.63. The molecule has 0 radical (unpaired) electrons. The summed E-state index contributed by atoms with van der Waals surface area (Å²) >= 11 is 3.11. The molecule has 0 aromatic carbocycles. The third-order valence-corrected chi connectivity index (χ3v) is 10.9. The molecule has 16 nitrogen and oxygen atoms in total. The molecular formula is C33H42BrN9O7. The first kappa shape index (κ1) is 35.8. The number of pyridine rings is 3. The van der Waals surface area contributed by atoms with E-state index in [2.05, 4.69) is 46.0 Å². The monoisotopic (exact) mass is 755 g/mol. The highest BCUT2D eigenvalue weighted by Crippen LogP contribution is 2.50. The van der Waals surface area contributed by atoms with E-state index in [1.54, 1.807) is 18.3 Å². The Kier molecular flexibility index (Phi) is 10.2. The molecule has 3 aliphatic heterocycles. The molecule has 3 spiro atoms. The highest BCUT2D eigenvalue weighted by molar-refractivity contribution is 9.10. The van der Waals surface area contributed by atoms with Crippen molar-refractivity contribution < 1.29 is 25.2 Å². The maximum atomic E-state index is 10.5. The van der Waals surface area contributed by atoms with Crippen molar-refractivity contribution in [2.24, 2.45) is 16.2 Å². The van der Waals surface area contributed by atoms with Crippen LogP contribution < -0.4 is 20.9 Å². The third kappa shape index (κ3) is 8.12. The van der Waals surface area contributed by atoms with Gasteiger partial charge < -0.3 is 56.4 Å². The molecule has 3 aromatic rings. The lowest BCUT2D eigenvalue weighted by atomic mass is 9.62. The summed E-state index contributed by atoms with van der Waals surface area (Å²) in [6.07, 6.45) is 10.3. The predicted molar refractivity (Wildman–Crippen MR) is 188 cm³/mol. The van der Waals surface area contributed by atoms with Crippen LogP contribution in [0.25, 0.3) is 0 Å². The normalized spacial score (nSPS) is 23.0. The summed E-state index contributed by atoms with van der Waals surface area (Å²) in [5, 5.41) is 51.2. The van der Waals surface area contributed by atoms with Crippen molar-refractivity contribution in [2.75, 3.05) is 54.8 Å². The van der Waals surface area contributed by atoms with Crippen LogP contribution in [0.1, 0.15) is 38.5 Å². The number of anilines is 3. The molecule has 9 rings (SSSR count). The lowest BCUT2D eigenvalue weighted by molar-refractivity contribution is -0.389. The minimum Gasteiger partial charge on any atom is -0.393 e. The zero-order valence-corrected chi connectivity index (χ0v) is 29.1. The zero-order chi connectivity index (χ0) is 35.7. The van der Waals surface area contributed by atoms with Gasteiger partial charge in [-0.3, -0.25) is 0 Å². The van der Waals surface area contributed by atoms with Crippen LogP contribution in [0.5, 0.6) is 0 Å². The van der Waals surface area contributed by atoms with E-state index >= 15 is 0 Å². The Balaban J connectivity index is 0.000000120. The summed E-state index contributed by atoms with van der Waals surface area (Å²) in [4.78, 5) is 35.3. The molecule has 6 N–H and O–H groups in total. The van der Waals surface area contributed by atoms with Crippen molar-refractivity contribution in [3.63, 3.8) is 0 Å². The molecule has 3 aliphatic carbocycles. The number of hydrogen-bond donors (Lipinski definition) is 5. The molecule has 0 amide bonds. The molecule has 0 atom stereocenters. The summed E-state index contributed by atoms with van der Waals surface area (Å²) < 4.78 is 0.734. The van der Waals surface area contributed by atoms with E-state index in [-0.39, 0.29) is 29.9 Å². The molecule has 0 bridgehead atoms. The highest BCUT2D eigenvalue weighted by Gasteiger charge is 2.53. The summed E-state index contributed by atoms with van der Waals surface area (Å²) in [5.74, 6) is 0.305. The first-order chi connectivity index (χ1) is 23.8. The number of hydrogen-bond acceptors (Lipinski definition) is 14. The molecule has 268 valence electrons. The fourth-order valence-corrected chi connectivity index (χ4v) is 7.96. The molecule has 6 fully saturated rings. The molecule has 3 saturated carbocycles. The molecule has 3 saturated heterocycles. The average Bonchev–Trinajstić information content (AvgIpc) is 2.98.